The maximum Gasteiger partial charge on any atom is 0.263 e. The molecule has 154 valence electrons. The first-order chi connectivity index (χ1) is 14.4. The first kappa shape index (κ1) is 19.8. The highest BCUT2D eigenvalue weighted by atomic mass is 35.5. The molecule has 0 aliphatic carbocycles. The molecule has 2 aromatic carbocycles. The van der Waals surface area contributed by atoms with Gasteiger partial charge in [-0.3, -0.25) is 19.4 Å². The highest BCUT2D eigenvalue weighted by molar-refractivity contribution is 6.31. The second-order valence-corrected chi connectivity index (χ2v) is 7.37. The Kier molecular flexibility index (Phi) is 5.13. The highest BCUT2D eigenvalue weighted by Gasteiger charge is 2.55. The number of amides is 3. The van der Waals surface area contributed by atoms with Crippen LogP contribution in [-0.4, -0.2) is 48.5 Å². The summed E-state index contributed by atoms with van der Waals surface area (Å²) in [6, 6.07) is 9.86. The number of halogens is 1. The molecule has 1 N–H and O–H groups in total. The zero-order chi connectivity index (χ0) is 21.4. The molecule has 0 spiro atoms. The molecule has 4 rings (SSSR count). The summed E-state index contributed by atoms with van der Waals surface area (Å²) in [6.07, 6.45) is 0. The van der Waals surface area contributed by atoms with E-state index >= 15 is 0 Å². The topological polar surface area (TPSA) is 104 Å². The van der Waals surface area contributed by atoms with Crippen LogP contribution in [0.15, 0.2) is 52.8 Å². The van der Waals surface area contributed by atoms with Crippen LogP contribution >= 0.6 is 11.6 Å². The maximum atomic E-state index is 13.0. The summed E-state index contributed by atoms with van der Waals surface area (Å²) in [7, 11) is 1.51. The van der Waals surface area contributed by atoms with Crippen molar-refractivity contribution in [3.63, 3.8) is 0 Å². The third kappa shape index (κ3) is 3.48. The summed E-state index contributed by atoms with van der Waals surface area (Å²) in [6.45, 7) is 1.64. The Morgan fingerprint density at radius 1 is 1.20 bits per heavy atom. The zero-order valence-corrected chi connectivity index (χ0v) is 17.0. The van der Waals surface area contributed by atoms with Crippen LogP contribution in [0.5, 0.6) is 5.75 Å². The number of nitrogens with zero attached hydrogens (tertiary/aromatic N) is 4. The summed E-state index contributed by atoms with van der Waals surface area (Å²) in [4.78, 5) is 39.3. The summed E-state index contributed by atoms with van der Waals surface area (Å²) in [5.41, 5.74) is 1.81. The van der Waals surface area contributed by atoms with Gasteiger partial charge in [0.2, 0.25) is 5.91 Å². The number of aryl methyl sites for hydroxylation is 1. The Bertz CT molecular complexity index is 1070. The molecule has 1 saturated heterocycles. The molecule has 10 heteroatoms. The van der Waals surface area contributed by atoms with Crippen molar-refractivity contribution in [1.29, 1.82) is 0 Å². The number of imide groups is 1. The second kappa shape index (κ2) is 7.75. The van der Waals surface area contributed by atoms with E-state index in [4.69, 9.17) is 16.3 Å². The van der Waals surface area contributed by atoms with Crippen LogP contribution < -0.4 is 15.0 Å². The predicted octanol–water partition coefficient (Wildman–Crippen LogP) is 2.59. The number of methoxy groups -OCH3 is 1. The maximum absolute atomic E-state index is 13.0. The molecule has 0 radical (unpaired) electrons. The van der Waals surface area contributed by atoms with Gasteiger partial charge in [-0.05, 0) is 42.8 Å². The number of hydrogen-bond acceptors (Lipinski definition) is 7. The van der Waals surface area contributed by atoms with Crippen molar-refractivity contribution >= 4 is 40.7 Å². The minimum absolute atomic E-state index is 0.246. The van der Waals surface area contributed by atoms with Gasteiger partial charge >= 0.3 is 0 Å². The van der Waals surface area contributed by atoms with E-state index in [1.165, 1.54) is 18.2 Å². The van der Waals surface area contributed by atoms with Crippen LogP contribution in [0.1, 0.15) is 5.56 Å². The van der Waals surface area contributed by atoms with Crippen LogP contribution in [0.25, 0.3) is 0 Å². The summed E-state index contributed by atoms with van der Waals surface area (Å²) in [5, 5.41) is 12.2. The minimum Gasteiger partial charge on any atom is -0.495 e. The highest BCUT2D eigenvalue weighted by Crippen LogP contribution is 2.33. The van der Waals surface area contributed by atoms with Crippen LogP contribution in [0, 0.1) is 6.92 Å². The molecule has 0 aromatic heterocycles. The molecular weight excluding hydrogens is 410 g/mol. The average Bonchev–Trinajstić information content (AvgIpc) is 3.21. The van der Waals surface area contributed by atoms with Gasteiger partial charge in [-0.25, -0.2) is 4.90 Å². The van der Waals surface area contributed by atoms with Gasteiger partial charge in [0.05, 0.1) is 18.5 Å². The van der Waals surface area contributed by atoms with E-state index in [1.54, 1.807) is 30.3 Å². The van der Waals surface area contributed by atoms with E-state index in [-0.39, 0.29) is 6.54 Å². The third-order valence-corrected chi connectivity index (χ3v) is 5.09. The van der Waals surface area contributed by atoms with Crippen molar-refractivity contribution in [2.45, 2.75) is 19.0 Å². The molecular formula is C20H18ClN5O4. The number of ether oxygens (including phenoxy) is 1. The lowest BCUT2D eigenvalue weighted by molar-refractivity contribution is -0.123. The number of nitrogens with one attached hydrogen (secondary N) is 1. The molecule has 1 fully saturated rings. The SMILES string of the molecule is COc1ccc(C)cc1NC(=O)CN1N=N[C@@H]2C(=O)N(c3cccc(Cl)c3)C(=O)[C@@H]21. The molecule has 2 atom stereocenters. The van der Waals surface area contributed by atoms with Crippen LogP contribution in [-0.2, 0) is 14.4 Å². The molecule has 3 amide bonds. The van der Waals surface area contributed by atoms with E-state index < -0.39 is 29.8 Å². The van der Waals surface area contributed by atoms with E-state index in [1.807, 2.05) is 13.0 Å². The summed E-state index contributed by atoms with van der Waals surface area (Å²) in [5.74, 6) is -0.911. The van der Waals surface area contributed by atoms with Crippen molar-refractivity contribution < 1.29 is 19.1 Å². The molecule has 9 nitrogen and oxygen atoms in total. The largest absolute Gasteiger partial charge is 0.495 e. The number of benzene rings is 2. The molecule has 2 aliphatic rings. The lowest BCUT2D eigenvalue weighted by atomic mass is 10.1. The monoisotopic (exact) mass is 427 g/mol. The van der Waals surface area contributed by atoms with E-state index in [0.29, 0.717) is 22.1 Å². The van der Waals surface area contributed by atoms with Crippen LogP contribution in [0.3, 0.4) is 0 Å². The van der Waals surface area contributed by atoms with Gasteiger partial charge in [0.1, 0.15) is 12.3 Å². The normalized spacial score (nSPS) is 20.0. The fraction of sp³-hybridized carbons (Fsp3) is 0.250. The molecule has 0 saturated carbocycles. The quantitative estimate of drug-likeness (QED) is 0.738. The molecule has 0 unspecified atom stereocenters. The van der Waals surface area contributed by atoms with Gasteiger partial charge in [0, 0.05) is 5.02 Å². The molecule has 2 heterocycles. The van der Waals surface area contributed by atoms with Gasteiger partial charge in [-0.1, -0.05) is 29.0 Å². The van der Waals surface area contributed by atoms with Crippen LogP contribution in [0.4, 0.5) is 11.4 Å². The smallest absolute Gasteiger partial charge is 0.263 e. The first-order valence-corrected chi connectivity index (χ1v) is 9.52. The summed E-state index contributed by atoms with van der Waals surface area (Å²) < 4.78 is 5.26. The molecule has 30 heavy (non-hydrogen) atoms. The fourth-order valence-corrected chi connectivity index (χ4v) is 3.66. The van der Waals surface area contributed by atoms with Gasteiger partial charge in [0.25, 0.3) is 11.8 Å². The van der Waals surface area contributed by atoms with Crippen LogP contribution in [0.2, 0.25) is 5.02 Å². The number of rotatable bonds is 5. The second-order valence-electron chi connectivity index (χ2n) is 6.94. The summed E-state index contributed by atoms with van der Waals surface area (Å²) >= 11 is 5.98. The standard InChI is InChI=1S/C20H18ClN5O4/c1-11-6-7-15(30-2)14(8-11)22-16(27)10-25-18-17(23-24-25)19(28)26(20(18)29)13-5-3-4-12(21)9-13/h3-9,17-18H,10H2,1-2H3,(H,22,27)/t17-,18+/m0/s1. The van der Waals surface area contributed by atoms with E-state index in [2.05, 4.69) is 15.7 Å². The van der Waals surface area contributed by atoms with Crippen molar-refractivity contribution in [1.82, 2.24) is 5.01 Å². The van der Waals surface area contributed by atoms with Gasteiger partial charge in [-0.15, -0.1) is 0 Å². The molecule has 2 aromatic rings. The predicted molar refractivity (Wildman–Crippen MR) is 109 cm³/mol. The Morgan fingerprint density at radius 3 is 2.73 bits per heavy atom. The number of fused-ring (bicyclic) bond motifs is 1. The number of hydrogen-bond donors (Lipinski definition) is 1. The Balaban J connectivity index is 1.50. The van der Waals surface area contributed by atoms with E-state index in [9.17, 15) is 14.4 Å². The fourth-order valence-electron chi connectivity index (χ4n) is 3.48. The average molecular weight is 428 g/mol. The molecule has 0 bridgehead atoms. The van der Waals surface area contributed by atoms with Crippen molar-refractivity contribution in [2.75, 3.05) is 23.9 Å². The van der Waals surface area contributed by atoms with E-state index in [0.717, 1.165) is 10.5 Å². The van der Waals surface area contributed by atoms with Crippen molar-refractivity contribution in [3.8, 4) is 5.75 Å². The lowest BCUT2D eigenvalue weighted by Crippen LogP contribution is -2.43. The Hall–Kier alpha value is -3.46. The van der Waals surface area contributed by atoms with Crippen molar-refractivity contribution in [3.05, 3.63) is 53.1 Å². The van der Waals surface area contributed by atoms with Gasteiger partial charge in [-0.2, -0.15) is 5.11 Å². The molecule has 2 aliphatic heterocycles. The first-order valence-electron chi connectivity index (χ1n) is 9.14. The lowest BCUT2D eigenvalue weighted by Gasteiger charge is -2.20. The number of carbonyl (C=O) groups excluding carboxylic acids is 3. The number of carbonyl (C=O) groups is 3. The zero-order valence-electron chi connectivity index (χ0n) is 16.2. The minimum atomic E-state index is -0.988. The van der Waals surface area contributed by atoms with Gasteiger partial charge in [0.15, 0.2) is 12.1 Å². The van der Waals surface area contributed by atoms with Gasteiger partial charge < -0.3 is 10.1 Å². The Morgan fingerprint density at radius 2 is 2.00 bits per heavy atom. The third-order valence-electron chi connectivity index (χ3n) is 4.86. The Labute approximate surface area is 177 Å². The van der Waals surface area contributed by atoms with Crippen molar-refractivity contribution in [2.24, 2.45) is 10.3 Å². The number of anilines is 2.